The molecular formula is C25H31ClN2O5S2. The molecule has 1 saturated heterocycles. The lowest BCUT2D eigenvalue weighted by atomic mass is 10.1. The smallest absolute Gasteiger partial charge is 0.178 e. The highest BCUT2D eigenvalue weighted by molar-refractivity contribution is 7.92. The minimum absolute atomic E-state index is 0.0760. The first kappa shape index (κ1) is 27.5. The zero-order valence-corrected chi connectivity index (χ0v) is 22.4. The fourth-order valence-electron chi connectivity index (χ4n) is 4.37. The number of nitriles is 1. The predicted octanol–water partition coefficient (Wildman–Crippen LogP) is 3.75. The molecule has 0 bridgehead atoms. The van der Waals surface area contributed by atoms with E-state index in [4.69, 9.17) is 21.6 Å². The summed E-state index contributed by atoms with van der Waals surface area (Å²) in [5.41, 5.74) is 1.62. The molecule has 0 radical (unpaired) electrons. The summed E-state index contributed by atoms with van der Waals surface area (Å²) in [5, 5.41) is 9.71. The number of hydrogen-bond acceptors (Lipinski definition) is 7. The van der Waals surface area contributed by atoms with Crippen LogP contribution in [0.1, 0.15) is 30.9 Å². The van der Waals surface area contributed by atoms with E-state index in [1.54, 1.807) is 18.2 Å². The Kier molecular flexibility index (Phi) is 9.22. The molecule has 2 aromatic rings. The first-order valence-corrected chi connectivity index (χ1v) is 15.6. The van der Waals surface area contributed by atoms with Crippen molar-refractivity contribution >= 4 is 31.3 Å². The Balaban J connectivity index is 1.48. The molecule has 2 aromatic carbocycles. The van der Waals surface area contributed by atoms with Crippen molar-refractivity contribution in [3.8, 4) is 11.8 Å². The van der Waals surface area contributed by atoms with Crippen LogP contribution in [-0.4, -0.2) is 65.2 Å². The van der Waals surface area contributed by atoms with Gasteiger partial charge in [-0.2, -0.15) is 5.26 Å². The second-order valence-corrected chi connectivity index (χ2v) is 14.0. The molecule has 3 rings (SSSR count). The van der Waals surface area contributed by atoms with Gasteiger partial charge < -0.3 is 4.74 Å². The van der Waals surface area contributed by atoms with Crippen molar-refractivity contribution in [2.24, 2.45) is 5.92 Å². The van der Waals surface area contributed by atoms with Gasteiger partial charge >= 0.3 is 0 Å². The van der Waals surface area contributed by atoms with Gasteiger partial charge in [0.15, 0.2) is 9.84 Å². The van der Waals surface area contributed by atoms with Crippen molar-refractivity contribution in [2.75, 3.05) is 37.5 Å². The van der Waals surface area contributed by atoms with Gasteiger partial charge in [0.25, 0.3) is 0 Å². The molecule has 2 atom stereocenters. The van der Waals surface area contributed by atoms with Crippen molar-refractivity contribution in [1.82, 2.24) is 4.90 Å². The monoisotopic (exact) mass is 538 g/mol. The first-order chi connectivity index (χ1) is 16.4. The van der Waals surface area contributed by atoms with Crippen LogP contribution in [0.15, 0.2) is 47.4 Å². The molecule has 1 aliphatic heterocycles. The normalized spacial score (nSPS) is 18.9. The maximum Gasteiger partial charge on any atom is 0.178 e. The molecule has 1 heterocycles. The van der Waals surface area contributed by atoms with Gasteiger partial charge in [0.1, 0.15) is 15.6 Å². The summed E-state index contributed by atoms with van der Waals surface area (Å²) in [6, 6.07) is 14.3. The third-order valence-electron chi connectivity index (χ3n) is 6.16. The predicted molar refractivity (Wildman–Crippen MR) is 137 cm³/mol. The number of rotatable bonds is 11. The Morgan fingerprint density at radius 1 is 1.11 bits per heavy atom. The van der Waals surface area contributed by atoms with E-state index < -0.39 is 19.7 Å². The molecule has 0 aromatic heterocycles. The topological polar surface area (TPSA) is 105 Å². The largest absolute Gasteiger partial charge is 0.493 e. The molecule has 0 saturated carbocycles. The first-order valence-electron chi connectivity index (χ1n) is 11.5. The Bertz CT molecular complexity index is 1270. The summed E-state index contributed by atoms with van der Waals surface area (Å²) >= 11 is 6.11. The zero-order chi connectivity index (χ0) is 25.6. The van der Waals surface area contributed by atoms with E-state index >= 15 is 0 Å². The van der Waals surface area contributed by atoms with Crippen LogP contribution in [0.2, 0.25) is 5.02 Å². The fourth-order valence-corrected chi connectivity index (χ4v) is 6.79. The van der Waals surface area contributed by atoms with Crippen LogP contribution in [-0.2, 0) is 26.1 Å². The Morgan fingerprint density at radius 2 is 1.83 bits per heavy atom. The summed E-state index contributed by atoms with van der Waals surface area (Å²) in [7, 11) is -6.72. The van der Waals surface area contributed by atoms with Crippen molar-refractivity contribution in [1.29, 1.82) is 5.26 Å². The average molecular weight is 539 g/mol. The molecule has 1 aliphatic rings. The van der Waals surface area contributed by atoms with Crippen LogP contribution in [0.4, 0.5) is 0 Å². The van der Waals surface area contributed by atoms with Gasteiger partial charge in [0, 0.05) is 36.3 Å². The molecule has 2 unspecified atom stereocenters. The van der Waals surface area contributed by atoms with Gasteiger partial charge in [-0.15, -0.1) is 0 Å². The Hall–Kier alpha value is -2.12. The molecule has 0 spiro atoms. The van der Waals surface area contributed by atoms with Gasteiger partial charge in [-0.25, -0.2) is 16.8 Å². The van der Waals surface area contributed by atoms with Crippen LogP contribution < -0.4 is 4.74 Å². The molecule has 1 fully saturated rings. The van der Waals surface area contributed by atoms with E-state index in [0.29, 0.717) is 34.9 Å². The molecule has 0 aliphatic carbocycles. The zero-order valence-electron chi connectivity index (χ0n) is 20.0. The summed E-state index contributed by atoms with van der Waals surface area (Å²) in [4.78, 5) is 2.58. The standard InChI is InChI=1S/C25H31ClN2O5S2/c1-19-12-22(17-28(19)9-8-20-13-21(16-27)15-23(26)14-20)18-33-24-4-6-25(7-5-24)35(31,32)11-3-10-34(2,29)30/h4-7,13-15,19,22H,3,8-12,17-18H2,1-2H3. The number of hydrogen-bond donors (Lipinski definition) is 0. The Labute approximate surface area is 213 Å². The fraction of sp³-hybridized carbons (Fsp3) is 0.480. The van der Waals surface area contributed by atoms with Gasteiger partial charge in [-0.3, -0.25) is 4.90 Å². The number of benzene rings is 2. The summed E-state index contributed by atoms with van der Waals surface area (Å²) in [5.74, 6) is 0.612. The lowest BCUT2D eigenvalue weighted by Gasteiger charge is -2.21. The SMILES string of the molecule is CC1CC(COc2ccc(S(=O)(=O)CCCS(C)(=O)=O)cc2)CN1CCc1cc(Cl)cc(C#N)c1. The second-order valence-electron chi connectivity index (χ2n) is 9.24. The van der Waals surface area contributed by atoms with Gasteiger partial charge in [-0.1, -0.05) is 11.6 Å². The number of halogens is 1. The van der Waals surface area contributed by atoms with Gasteiger partial charge in [0.2, 0.25) is 0 Å². The number of likely N-dealkylation sites (tertiary alicyclic amines) is 1. The third kappa shape index (κ3) is 8.50. The quantitative estimate of drug-likeness (QED) is 0.429. The molecule has 0 amide bonds. The van der Waals surface area contributed by atoms with Crippen LogP contribution in [0, 0.1) is 17.2 Å². The average Bonchev–Trinajstić information content (AvgIpc) is 3.14. The highest BCUT2D eigenvalue weighted by atomic mass is 35.5. The summed E-state index contributed by atoms with van der Waals surface area (Å²) < 4.78 is 53.2. The van der Waals surface area contributed by atoms with E-state index in [2.05, 4.69) is 17.9 Å². The van der Waals surface area contributed by atoms with Crippen LogP contribution in [0.5, 0.6) is 5.75 Å². The van der Waals surface area contributed by atoms with Crippen molar-refractivity contribution in [2.45, 2.75) is 37.1 Å². The Morgan fingerprint density at radius 3 is 2.49 bits per heavy atom. The highest BCUT2D eigenvalue weighted by Crippen LogP contribution is 2.26. The van der Waals surface area contributed by atoms with Crippen molar-refractivity contribution in [3.63, 3.8) is 0 Å². The minimum Gasteiger partial charge on any atom is -0.493 e. The van der Waals surface area contributed by atoms with Crippen LogP contribution >= 0.6 is 11.6 Å². The minimum atomic E-state index is -3.53. The maximum atomic E-state index is 12.4. The van der Waals surface area contributed by atoms with Gasteiger partial charge in [0.05, 0.1) is 34.6 Å². The summed E-state index contributed by atoms with van der Waals surface area (Å²) in [6.07, 6.45) is 2.99. The molecule has 190 valence electrons. The maximum absolute atomic E-state index is 12.4. The molecule has 10 heteroatoms. The lowest BCUT2D eigenvalue weighted by Crippen LogP contribution is -2.29. The van der Waals surface area contributed by atoms with E-state index in [9.17, 15) is 16.8 Å². The van der Waals surface area contributed by atoms with Crippen LogP contribution in [0.3, 0.4) is 0 Å². The van der Waals surface area contributed by atoms with Gasteiger partial charge in [-0.05, 0) is 74.2 Å². The number of sulfone groups is 2. The third-order valence-corrected chi connectivity index (χ3v) is 9.23. The van der Waals surface area contributed by atoms with E-state index in [1.807, 2.05) is 12.1 Å². The lowest BCUT2D eigenvalue weighted by molar-refractivity contribution is 0.234. The highest BCUT2D eigenvalue weighted by Gasteiger charge is 2.29. The van der Waals surface area contributed by atoms with E-state index in [0.717, 1.165) is 37.8 Å². The van der Waals surface area contributed by atoms with Crippen molar-refractivity contribution in [3.05, 3.63) is 58.6 Å². The van der Waals surface area contributed by atoms with Crippen molar-refractivity contribution < 1.29 is 21.6 Å². The molecule has 35 heavy (non-hydrogen) atoms. The second kappa shape index (κ2) is 11.7. The number of ether oxygens (including phenoxy) is 1. The van der Waals surface area contributed by atoms with Crippen LogP contribution in [0.25, 0.3) is 0 Å². The molecule has 7 nitrogen and oxygen atoms in total. The van der Waals surface area contributed by atoms with E-state index in [1.165, 1.54) is 12.1 Å². The molecular weight excluding hydrogens is 508 g/mol. The summed E-state index contributed by atoms with van der Waals surface area (Å²) in [6.45, 7) is 4.51. The van der Waals surface area contributed by atoms with E-state index in [-0.39, 0.29) is 22.8 Å². The molecule has 0 N–H and O–H groups in total. The number of nitrogens with zero attached hydrogens (tertiary/aromatic N) is 2.